The van der Waals surface area contributed by atoms with Crippen molar-refractivity contribution in [1.29, 1.82) is 0 Å². The van der Waals surface area contributed by atoms with Gasteiger partial charge in [-0.1, -0.05) is 5.23 Å². The molecule has 0 aliphatic rings. The van der Waals surface area contributed by atoms with E-state index in [1.807, 2.05) is 0 Å². The van der Waals surface area contributed by atoms with Gasteiger partial charge in [0.1, 0.15) is 0 Å². The predicted octanol–water partition coefficient (Wildman–Crippen LogP) is -1.91. The van der Waals surface area contributed by atoms with Gasteiger partial charge in [-0.2, -0.15) is 0 Å². The van der Waals surface area contributed by atoms with Crippen molar-refractivity contribution in [1.82, 2.24) is 9.97 Å². The zero-order valence-corrected chi connectivity index (χ0v) is 7.78. The molecule has 1 rings (SSSR count). The fourth-order valence-corrected chi connectivity index (χ4v) is 0.797. The molecule has 0 unspecified atom stereocenters. The molecule has 14 heavy (non-hydrogen) atoms. The van der Waals surface area contributed by atoms with Crippen molar-refractivity contribution in [2.24, 2.45) is 0 Å². The van der Waals surface area contributed by atoms with Gasteiger partial charge in [0.15, 0.2) is 0 Å². The van der Waals surface area contributed by atoms with Crippen LogP contribution in [0.2, 0.25) is 0 Å². The molecule has 0 radical (unpaired) electrons. The third-order valence-electron chi connectivity index (χ3n) is 1.45. The maximum Gasteiger partial charge on any atom is 0.491 e. The normalized spacial score (nSPS) is 10.0. The van der Waals surface area contributed by atoms with Crippen molar-refractivity contribution < 1.29 is 19.7 Å². The first kappa shape index (κ1) is 10.9. The maximum atomic E-state index is 8.77. The van der Waals surface area contributed by atoms with Crippen molar-refractivity contribution in [3.05, 3.63) is 12.4 Å². The summed E-state index contributed by atoms with van der Waals surface area (Å²) in [7, 11) is 1.20. The molecule has 0 bridgehead atoms. The molecule has 1 heterocycles. The molecule has 0 saturated carbocycles. The third-order valence-corrected chi connectivity index (χ3v) is 1.45. The highest BCUT2D eigenvalue weighted by Crippen LogP contribution is 2.03. The van der Waals surface area contributed by atoms with Crippen molar-refractivity contribution in [2.75, 3.05) is 19.4 Å². The van der Waals surface area contributed by atoms with Gasteiger partial charge in [0, 0.05) is 17.9 Å². The first-order valence-electron chi connectivity index (χ1n) is 3.75. The fraction of sp³-hybridized carbons (Fsp3) is 0.333. The zero-order chi connectivity index (χ0) is 10.6. The van der Waals surface area contributed by atoms with Crippen LogP contribution in [0.15, 0.2) is 12.4 Å². The Kier molecular flexibility index (Phi) is 3.78. The quantitative estimate of drug-likeness (QED) is 0.431. The van der Waals surface area contributed by atoms with Crippen LogP contribution in [0.25, 0.3) is 0 Å². The number of rotatable bonds is 4. The molecule has 0 amide bonds. The molecular weight excluding hydrogens is 189 g/mol. The summed E-state index contributed by atoms with van der Waals surface area (Å²) >= 11 is 0. The SMILES string of the molecule is CON(OC)c1ncc(B(O)O)cn1. The van der Waals surface area contributed by atoms with Crippen LogP contribution < -0.4 is 10.7 Å². The second-order valence-electron chi connectivity index (χ2n) is 2.31. The summed E-state index contributed by atoms with van der Waals surface area (Å²) in [6, 6.07) is 0. The first-order valence-corrected chi connectivity index (χ1v) is 3.75. The average Bonchev–Trinajstić information content (AvgIpc) is 2.20. The van der Waals surface area contributed by atoms with Crippen molar-refractivity contribution in [3.63, 3.8) is 0 Å². The highest BCUT2D eigenvalue weighted by molar-refractivity contribution is 6.58. The van der Waals surface area contributed by atoms with E-state index in [0.29, 0.717) is 0 Å². The van der Waals surface area contributed by atoms with E-state index < -0.39 is 7.12 Å². The Bertz CT molecular complexity index is 277. The van der Waals surface area contributed by atoms with E-state index in [4.69, 9.17) is 19.7 Å². The number of hydrogen-bond acceptors (Lipinski definition) is 7. The second kappa shape index (κ2) is 4.87. The van der Waals surface area contributed by atoms with Gasteiger partial charge in [0.2, 0.25) is 0 Å². The van der Waals surface area contributed by atoms with Crippen LogP contribution in [0.1, 0.15) is 0 Å². The molecular formula is C6H10BN3O4. The summed E-state index contributed by atoms with van der Waals surface area (Å²) in [4.78, 5) is 17.1. The Balaban J connectivity index is 2.81. The Labute approximate surface area is 81.0 Å². The molecule has 0 aliphatic carbocycles. The summed E-state index contributed by atoms with van der Waals surface area (Å²) in [5, 5.41) is 18.5. The summed E-state index contributed by atoms with van der Waals surface area (Å²) in [5.41, 5.74) is 0.195. The molecule has 76 valence electrons. The van der Waals surface area contributed by atoms with Gasteiger partial charge in [-0.15, -0.1) is 0 Å². The summed E-state index contributed by atoms with van der Waals surface area (Å²) < 4.78 is 0. The van der Waals surface area contributed by atoms with E-state index in [9.17, 15) is 0 Å². The number of hydrogen-bond donors (Lipinski definition) is 2. The van der Waals surface area contributed by atoms with E-state index >= 15 is 0 Å². The van der Waals surface area contributed by atoms with Crippen LogP contribution >= 0.6 is 0 Å². The van der Waals surface area contributed by atoms with Gasteiger partial charge in [0.25, 0.3) is 5.95 Å². The van der Waals surface area contributed by atoms with Gasteiger partial charge in [0.05, 0.1) is 14.2 Å². The predicted molar refractivity (Wildman–Crippen MR) is 48.4 cm³/mol. The van der Waals surface area contributed by atoms with Crippen LogP contribution in [-0.4, -0.2) is 41.4 Å². The minimum Gasteiger partial charge on any atom is -0.423 e. The lowest BCUT2D eigenvalue weighted by molar-refractivity contribution is -0.0471. The summed E-state index contributed by atoms with van der Waals surface area (Å²) in [6.45, 7) is 0. The molecule has 0 aromatic carbocycles. The van der Waals surface area contributed by atoms with Crippen molar-refractivity contribution in [2.45, 2.75) is 0 Å². The maximum absolute atomic E-state index is 8.77. The van der Waals surface area contributed by atoms with E-state index in [2.05, 4.69) is 9.97 Å². The van der Waals surface area contributed by atoms with Gasteiger partial charge < -0.3 is 10.0 Å². The Morgan fingerprint density at radius 3 is 2.07 bits per heavy atom. The Morgan fingerprint density at radius 1 is 1.21 bits per heavy atom. The topological polar surface area (TPSA) is 87.9 Å². The lowest BCUT2D eigenvalue weighted by Gasteiger charge is -2.15. The van der Waals surface area contributed by atoms with E-state index in [0.717, 1.165) is 5.23 Å². The van der Waals surface area contributed by atoms with E-state index in [1.54, 1.807) is 0 Å². The zero-order valence-electron chi connectivity index (χ0n) is 7.78. The van der Waals surface area contributed by atoms with Crippen LogP contribution in [-0.2, 0) is 9.68 Å². The average molecular weight is 199 g/mol. The molecule has 0 fully saturated rings. The van der Waals surface area contributed by atoms with Gasteiger partial charge in [-0.3, -0.25) is 0 Å². The highest BCUT2D eigenvalue weighted by atomic mass is 16.9. The molecule has 1 aromatic heterocycles. The van der Waals surface area contributed by atoms with Crippen molar-refractivity contribution >= 4 is 18.5 Å². The van der Waals surface area contributed by atoms with Gasteiger partial charge >= 0.3 is 7.12 Å². The van der Waals surface area contributed by atoms with E-state index in [1.165, 1.54) is 26.6 Å². The van der Waals surface area contributed by atoms with Crippen LogP contribution in [0, 0.1) is 0 Å². The minimum absolute atomic E-state index is 0.166. The third kappa shape index (κ3) is 2.39. The monoisotopic (exact) mass is 199 g/mol. The molecule has 8 heteroatoms. The van der Waals surface area contributed by atoms with E-state index in [-0.39, 0.29) is 11.4 Å². The van der Waals surface area contributed by atoms with Gasteiger partial charge in [-0.25, -0.2) is 19.6 Å². The van der Waals surface area contributed by atoms with Crippen molar-refractivity contribution in [3.8, 4) is 0 Å². The molecule has 2 N–H and O–H groups in total. The highest BCUT2D eigenvalue weighted by Gasteiger charge is 2.14. The van der Waals surface area contributed by atoms with Crippen LogP contribution in [0.5, 0.6) is 0 Å². The lowest BCUT2D eigenvalue weighted by Crippen LogP contribution is -2.32. The summed E-state index contributed by atoms with van der Waals surface area (Å²) in [5.74, 6) is 0.166. The molecule has 0 saturated heterocycles. The number of anilines is 1. The van der Waals surface area contributed by atoms with Crippen LogP contribution in [0.3, 0.4) is 0 Å². The fourth-order valence-electron chi connectivity index (χ4n) is 0.797. The Hall–Kier alpha value is -1.22. The van der Waals surface area contributed by atoms with Gasteiger partial charge in [-0.05, 0) is 0 Å². The summed E-state index contributed by atoms with van der Waals surface area (Å²) in [6.07, 6.45) is 2.52. The molecule has 0 spiro atoms. The molecule has 0 aliphatic heterocycles. The lowest BCUT2D eigenvalue weighted by atomic mass is 9.83. The second-order valence-corrected chi connectivity index (χ2v) is 2.31. The Morgan fingerprint density at radius 2 is 1.71 bits per heavy atom. The standard InChI is InChI=1S/C6H10BN3O4/c1-13-10(14-2)6-8-3-5(4-9-6)7(11)12/h3-4,11-12H,1-2H3. The molecule has 1 aromatic rings. The number of nitrogens with zero attached hydrogens (tertiary/aromatic N) is 3. The molecule has 7 nitrogen and oxygen atoms in total. The molecule has 0 atom stereocenters. The largest absolute Gasteiger partial charge is 0.491 e. The first-order chi connectivity index (χ1) is 6.69. The minimum atomic E-state index is -1.58. The number of aromatic nitrogens is 2. The van der Waals surface area contributed by atoms with Crippen LogP contribution in [0.4, 0.5) is 5.95 Å². The smallest absolute Gasteiger partial charge is 0.423 e.